The molecule has 0 spiro atoms. The van der Waals surface area contributed by atoms with Gasteiger partial charge < -0.3 is 10.1 Å². The highest BCUT2D eigenvalue weighted by atomic mass is 35.5. The topological polar surface area (TPSA) is 75.7 Å². The molecule has 0 unspecified atom stereocenters. The number of nitrogens with zero attached hydrogens (tertiary/aromatic N) is 1. The number of carbonyl (C=O) groups excluding carboxylic acids is 1. The fraction of sp³-hybridized carbons (Fsp3) is 0.381. The van der Waals surface area contributed by atoms with Crippen LogP contribution in [0.1, 0.15) is 17.5 Å². The standard InChI is InChI=1S/C21H25ClN2O4S/c22-19-6-1-17(2-7-19)5-10-21(25)23-12-11-18-3-8-20(9-4-18)29(26,27)24-13-15-28-16-14-24/h1-4,6-9H,5,10-16H2,(H,23,25). The smallest absolute Gasteiger partial charge is 0.243 e. The molecule has 0 aromatic heterocycles. The third-order valence-electron chi connectivity index (χ3n) is 4.82. The summed E-state index contributed by atoms with van der Waals surface area (Å²) in [6.07, 6.45) is 1.72. The maximum Gasteiger partial charge on any atom is 0.243 e. The molecule has 3 rings (SSSR count). The zero-order chi connectivity index (χ0) is 20.7. The summed E-state index contributed by atoms with van der Waals surface area (Å²) in [6.45, 7) is 2.12. The lowest BCUT2D eigenvalue weighted by Gasteiger charge is -2.26. The predicted molar refractivity (Wildman–Crippen MR) is 113 cm³/mol. The third kappa shape index (κ3) is 6.27. The molecule has 0 saturated carbocycles. The highest BCUT2D eigenvalue weighted by molar-refractivity contribution is 7.89. The second-order valence-electron chi connectivity index (χ2n) is 6.89. The Morgan fingerprint density at radius 2 is 1.55 bits per heavy atom. The Morgan fingerprint density at radius 3 is 2.21 bits per heavy atom. The summed E-state index contributed by atoms with van der Waals surface area (Å²) < 4.78 is 31.9. The minimum Gasteiger partial charge on any atom is -0.379 e. The van der Waals surface area contributed by atoms with E-state index >= 15 is 0 Å². The van der Waals surface area contributed by atoms with E-state index in [2.05, 4.69) is 5.32 Å². The Kier molecular flexibility index (Phi) is 7.66. The molecule has 1 amide bonds. The van der Waals surface area contributed by atoms with Gasteiger partial charge in [0.1, 0.15) is 0 Å². The predicted octanol–water partition coefficient (Wildman–Crippen LogP) is 2.65. The van der Waals surface area contributed by atoms with Crippen molar-refractivity contribution in [2.24, 2.45) is 0 Å². The van der Waals surface area contributed by atoms with E-state index < -0.39 is 10.0 Å². The lowest BCUT2D eigenvalue weighted by atomic mass is 10.1. The Bertz CT molecular complexity index is 909. The molecule has 1 saturated heterocycles. The molecule has 0 atom stereocenters. The van der Waals surface area contributed by atoms with Gasteiger partial charge in [0.15, 0.2) is 0 Å². The Hall–Kier alpha value is -1.93. The SMILES string of the molecule is O=C(CCc1ccc(Cl)cc1)NCCc1ccc(S(=O)(=O)N2CCOCC2)cc1. The van der Waals surface area contributed by atoms with Gasteiger partial charge in [-0.1, -0.05) is 35.9 Å². The number of hydrogen-bond acceptors (Lipinski definition) is 4. The van der Waals surface area contributed by atoms with Crippen molar-refractivity contribution in [3.8, 4) is 0 Å². The van der Waals surface area contributed by atoms with Gasteiger partial charge in [-0.25, -0.2) is 8.42 Å². The number of ether oxygens (including phenoxy) is 1. The van der Waals surface area contributed by atoms with Gasteiger partial charge in [-0.3, -0.25) is 4.79 Å². The first-order chi connectivity index (χ1) is 13.9. The van der Waals surface area contributed by atoms with Crippen LogP contribution in [0.15, 0.2) is 53.4 Å². The average molecular weight is 437 g/mol. The fourth-order valence-corrected chi connectivity index (χ4v) is 4.64. The molecular weight excluding hydrogens is 412 g/mol. The molecule has 1 aliphatic rings. The van der Waals surface area contributed by atoms with Gasteiger partial charge in [0.2, 0.25) is 15.9 Å². The number of nitrogens with one attached hydrogen (secondary N) is 1. The highest BCUT2D eigenvalue weighted by Gasteiger charge is 2.25. The minimum atomic E-state index is -3.47. The largest absolute Gasteiger partial charge is 0.379 e. The van der Waals surface area contributed by atoms with Crippen molar-refractivity contribution in [1.29, 1.82) is 0 Å². The summed E-state index contributed by atoms with van der Waals surface area (Å²) in [7, 11) is -3.47. The van der Waals surface area contributed by atoms with Crippen molar-refractivity contribution < 1.29 is 17.9 Å². The first-order valence-corrected chi connectivity index (χ1v) is 11.4. The van der Waals surface area contributed by atoms with Gasteiger partial charge >= 0.3 is 0 Å². The maximum atomic E-state index is 12.6. The monoisotopic (exact) mass is 436 g/mol. The van der Waals surface area contributed by atoms with Gasteiger partial charge in [-0.2, -0.15) is 4.31 Å². The van der Waals surface area contributed by atoms with E-state index in [4.69, 9.17) is 16.3 Å². The number of rotatable bonds is 8. The molecule has 1 N–H and O–H groups in total. The molecule has 6 nitrogen and oxygen atoms in total. The van der Waals surface area contributed by atoms with Crippen molar-refractivity contribution in [2.45, 2.75) is 24.2 Å². The lowest BCUT2D eigenvalue weighted by molar-refractivity contribution is -0.121. The van der Waals surface area contributed by atoms with Gasteiger partial charge in [-0.05, 0) is 48.2 Å². The minimum absolute atomic E-state index is 0.00790. The Labute approximate surface area is 176 Å². The van der Waals surface area contributed by atoms with Gasteiger partial charge in [-0.15, -0.1) is 0 Å². The quantitative estimate of drug-likeness (QED) is 0.690. The van der Waals surface area contributed by atoms with Crippen LogP contribution in [-0.2, 0) is 32.4 Å². The number of halogens is 1. The number of sulfonamides is 1. The molecule has 0 bridgehead atoms. The second kappa shape index (κ2) is 10.2. The van der Waals surface area contributed by atoms with E-state index in [1.807, 2.05) is 24.3 Å². The molecule has 1 aliphatic heterocycles. The number of benzene rings is 2. The number of carbonyl (C=O) groups is 1. The summed E-state index contributed by atoms with van der Waals surface area (Å²) in [6, 6.07) is 14.3. The summed E-state index contributed by atoms with van der Waals surface area (Å²) in [5.74, 6) is -0.00790. The lowest BCUT2D eigenvalue weighted by Crippen LogP contribution is -2.40. The average Bonchev–Trinajstić information content (AvgIpc) is 2.74. The number of amides is 1. The summed E-state index contributed by atoms with van der Waals surface area (Å²) in [5, 5.41) is 3.59. The van der Waals surface area contributed by atoms with Gasteiger partial charge in [0, 0.05) is 31.1 Å². The zero-order valence-corrected chi connectivity index (χ0v) is 17.7. The molecule has 0 aliphatic carbocycles. The van der Waals surface area contributed by atoms with Crippen LogP contribution >= 0.6 is 11.6 Å². The fourth-order valence-electron chi connectivity index (χ4n) is 3.11. The van der Waals surface area contributed by atoms with Crippen molar-refractivity contribution in [1.82, 2.24) is 9.62 Å². The van der Waals surface area contributed by atoms with E-state index in [9.17, 15) is 13.2 Å². The van der Waals surface area contributed by atoms with E-state index in [-0.39, 0.29) is 10.8 Å². The van der Waals surface area contributed by atoms with Crippen LogP contribution in [0.4, 0.5) is 0 Å². The zero-order valence-electron chi connectivity index (χ0n) is 16.1. The van der Waals surface area contributed by atoms with E-state index in [1.54, 1.807) is 24.3 Å². The van der Waals surface area contributed by atoms with Gasteiger partial charge in [0.25, 0.3) is 0 Å². The summed E-state index contributed by atoms with van der Waals surface area (Å²) >= 11 is 5.86. The third-order valence-corrected chi connectivity index (χ3v) is 6.99. The highest BCUT2D eigenvalue weighted by Crippen LogP contribution is 2.18. The van der Waals surface area contributed by atoms with Crippen LogP contribution in [0.2, 0.25) is 5.02 Å². The number of aryl methyl sites for hydroxylation is 1. The van der Waals surface area contributed by atoms with E-state index in [0.717, 1.165) is 11.1 Å². The van der Waals surface area contributed by atoms with Crippen molar-refractivity contribution in [3.05, 3.63) is 64.7 Å². The van der Waals surface area contributed by atoms with Crippen LogP contribution in [0.3, 0.4) is 0 Å². The molecule has 8 heteroatoms. The van der Waals surface area contributed by atoms with E-state index in [0.29, 0.717) is 57.1 Å². The number of morpholine rings is 1. The molecule has 2 aromatic carbocycles. The molecule has 29 heavy (non-hydrogen) atoms. The molecule has 2 aromatic rings. The summed E-state index contributed by atoms with van der Waals surface area (Å²) in [4.78, 5) is 12.3. The van der Waals surface area contributed by atoms with Crippen LogP contribution in [-0.4, -0.2) is 51.5 Å². The molecule has 1 heterocycles. The molecule has 0 radical (unpaired) electrons. The van der Waals surface area contributed by atoms with Crippen LogP contribution in [0.5, 0.6) is 0 Å². The van der Waals surface area contributed by atoms with Crippen LogP contribution < -0.4 is 5.32 Å². The second-order valence-corrected chi connectivity index (χ2v) is 9.26. The Morgan fingerprint density at radius 1 is 0.966 bits per heavy atom. The van der Waals surface area contributed by atoms with Crippen molar-refractivity contribution in [3.63, 3.8) is 0 Å². The van der Waals surface area contributed by atoms with Crippen LogP contribution in [0.25, 0.3) is 0 Å². The normalized spacial score (nSPS) is 15.2. The first kappa shape index (κ1) is 21.8. The van der Waals surface area contributed by atoms with Crippen molar-refractivity contribution in [2.75, 3.05) is 32.8 Å². The Balaban J connectivity index is 1.44. The van der Waals surface area contributed by atoms with Crippen LogP contribution in [0, 0.1) is 0 Å². The van der Waals surface area contributed by atoms with Gasteiger partial charge in [0.05, 0.1) is 18.1 Å². The molecule has 156 valence electrons. The summed E-state index contributed by atoms with van der Waals surface area (Å²) in [5.41, 5.74) is 2.05. The molecule has 1 fully saturated rings. The number of hydrogen-bond donors (Lipinski definition) is 1. The molecular formula is C21H25ClN2O4S. The maximum absolute atomic E-state index is 12.6. The first-order valence-electron chi connectivity index (χ1n) is 9.63. The van der Waals surface area contributed by atoms with E-state index in [1.165, 1.54) is 4.31 Å². The van der Waals surface area contributed by atoms with Crippen molar-refractivity contribution >= 4 is 27.5 Å².